The van der Waals surface area contributed by atoms with Crippen LogP contribution in [0.1, 0.15) is 17.5 Å². The molecule has 0 saturated carbocycles. The van der Waals surface area contributed by atoms with Crippen LogP contribution in [-0.2, 0) is 17.6 Å². The topological polar surface area (TPSA) is 41.1 Å². The quantitative estimate of drug-likeness (QED) is 0.643. The maximum Gasteiger partial charge on any atom is 0.221 e. The maximum atomic E-state index is 13.5. The molecule has 3 nitrogen and oxygen atoms in total. The van der Waals surface area contributed by atoms with Crippen LogP contribution in [0.25, 0.3) is 0 Å². The Hall–Kier alpha value is -1.62. The summed E-state index contributed by atoms with van der Waals surface area (Å²) in [6, 6.07) is 12.0. The van der Waals surface area contributed by atoms with Crippen molar-refractivity contribution >= 4 is 29.1 Å². The van der Waals surface area contributed by atoms with E-state index in [4.69, 9.17) is 23.2 Å². The highest BCUT2D eigenvalue weighted by molar-refractivity contribution is 6.35. The van der Waals surface area contributed by atoms with Gasteiger partial charge in [0.15, 0.2) is 0 Å². The summed E-state index contributed by atoms with van der Waals surface area (Å²) in [7, 11) is 0. The van der Waals surface area contributed by atoms with Gasteiger partial charge in [0, 0.05) is 29.6 Å². The highest BCUT2D eigenvalue weighted by atomic mass is 35.5. The van der Waals surface area contributed by atoms with Crippen LogP contribution in [0, 0.1) is 5.82 Å². The third kappa shape index (κ3) is 7.02. The van der Waals surface area contributed by atoms with E-state index >= 15 is 0 Å². The molecule has 0 saturated heterocycles. The van der Waals surface area contributed by atoms with Crippen molar-refractivity contribution in [3.05, 3.63) is 69.5 Å². The van der Waals surface area contributed by atoms with E-state index in [-0.39, 0.29) is 11.7 Å². The average molecular weight is 383 g/mol. The fourth-order valence-corrected chi connectivity index (χ4v) is 2.90. The molecular formula is C19H21Cl2FN2O. The maximum absolute atomic E-state index is 13.5. The SMILES string of the molecule is O=C(CCNCCc1ccc(Cl)cc1Cl)NCCc1ccccc1F. The van der Waals surface area contributed by atoms with Crippen LogP contribution in [0.2, 0.25) is 10.0 Å². The van der Waals surface area contributed by atoms with E-state index in [1.54, 1.807) is 24.3 Å². The molecule has 0 bridgehead atoms. The lowest BCUT2D eigenvalue weighted by atomic mass is 10.1. The lowest BCUT2D eigenvalue weighted by molar-refractivity contribution is -0.120. The van der Waals surface area contributed by atoms with Gasteiger partial charge in [-0.15, -0.1) is 0 Å². The summed E-state index contributed by atoms with van der Waals surface area (Å²) in [6.07, 6.45) is 1.64. The van der Waals surface area contributed by atoms with Crippen LogP contribution >= 0.6 is 23.2 Å². The summed E-state index contributed by atoms with van der Waals surface area (Å²) in [5.74, 6) is -0.285. The molecule has 0 atom stereocenters. The third-order valence-electron chi connectivity index (χ3n) is 3.79. The molecule has 0 aliphatic heterocycles. The van der Waals surface area contributed by atoms with Gasteiger partial charge in [0.2, 0.25) is 5.91 Å². The van der Waals surface area contributed by atoms with Gasteiger partial charge in [-0.1, -0.05) is 47.5 Å². The minimum Gasteiger partial charge on any atom is -0.356 e. The Morgan fingerprint density at radius 2 is 1.72 bits per heavy atom. The summed E-state index contributed by atoms with van der Waals surface area (Å²) in [5, 5.41) is 7.28. The first-order valence-corrected chi connectivity index (χ1v) is 8.96. The normalized spacial score (nSPS) is 10.7. The zero-order valence-corrected chi connectivity index (χ0v) is 15.3. The van der Waals surface area contributed by atoms with E-state index in [2.05, 4.69) is 10.6 Å². The van der Waals surface area contributed by atoms with Gasteiger partial charge in [0.1, 0.15) is 5.82 Å². The number of halogens is 3. The highest BCUT2D eigenvalue weighted by Gasteiger charge is 2.04. The highest BCUT2D eigenvalue weighted by Crippen LogP contribution is 2.20. The molecule has 0 aliphatic rings. The van der Waals surface area contributed by atoms with Gasteiger partial charge >= 0.3 is 0 Å². The largest absolute Gasteiger partial charge is 0.356 e. The van der Waals surface area contributed by atoms with E-state index in [0.717, 1.165) is 18.5 Å². The summed E-state index contributed by atoms with van der Waals surface area (Å²) < 4.78 is 13.5. The van der Waals surface area contributed by atoms with Gasteiger partial charge in [0.05, 0.1) is 0 Å². The number of nitrogens with one attached hydrogen (secondary N) is 2. The predicted molar refractivity (Wildman–Crippen MR) is 101 cm³/mol. The van der Waals surface area contributed by atoms with Crippen molar-refractivity contribution in [3.63, 3.8) is 0 Å². The zero-order valence-electron chi connectivity index (χ0n) is 13.8. The Bertz CT molecular complexity index is 710. The lowest BCUT2D eigenvalue weighted by Gasteiger charge is -2.08. The Kier molecular flexibility index (Phi) is 8.19. The molecule has 0 fully saturated rings. The fraction of sp³-hybridized carbons (Fsp3) is 0.316. The monoisotopic (exact) mass is 382 g/mol. The summed E-state index contributed by atoms with van der Waals surface area (Å²) in [6.45, 7) is 1.74. The molecular weight excluding hydrogens is 362 g/mol. The minimum absolute atomic E-state index is 0.0478. The number of hydrogen-bond acceptors (Lipinski definition) is 2. The summed E-state index contributed by atoms with van der Waals surface area (Å²) >= 11 is 12.0. The van der Waals surface area contributed by atoms with E-state index in [1.807, 2.05) is 12.1 Å². The lowest BCUT2D eigenvalue weighted by Crippen LogP contribution is -2.30. The molecule has 2 aromatic rings. The van der Waals surface area contributed by atoms with Crippen molar-refractivity contribution in [1.29, 1.82) is 0 Å². The van der Waals surface area contributed by atoms with Crippen molar-refractivity contribution in [3.8, 4) is 0 Å². The molecule has 1 amide bonds. The molecule has 2 aromatic carbocycles. The van der Waals surface area contributed by atoms with Gasteiger partial charge in [-0.2, -0.15) is 0 Å². The van der Waals surface area contributed by atoms with Crippen molar-refractivity contribution in [1.82, 2.24) is 10.6 Å². The smallest absolute Gasteiger partial charge is 0.221 e. The number of carbonyl (C=O) groups excluding carboxylic acids is 1. The number of benzene rings is 2. The molecule has 6 heteroatoms. The second-order valence-electron chi connectivity index (χ2n) is 5.68. The second-order valence-corrected chi connectivity index (χ2v) is 6.52. The average Bonchev–Trinajstić information content (AvgIpc) is 2.58. The Labute approximate surface area is 157 Å². The molecule has 2 rings (SSSR count). The van der Waals surface area contributed by atoms with Crippen LogP contribution in [0.5, 0.6) is 0 Å². The summed E-state index contributed by atoms with van der Waals surface area (Å²) in [5.41, 5.74) is 1.63. The van der Waals surface area contributed by atoms with E-state index in [0.29, 0.717) is 41.5 Å². The van der Waals surface area contributed by atoms with Crippen molar-refractivity contribution in [2.45, 2.75) is 19.3 Å². The van der Waals surface area contributed by atoms with Crippen LogP contribution in [0.15, 0.2) is 42.5 Å². The molecule has 0 aromatic heterocycles. The van der Waals surface area contributed by atoms with Gasteiger partial charge in [-0.3, -0.25) is 4.79 Å². The third-order valence-corrected chi connectivity index (χ3v) is 4.38. The number of hydrogen-bond donors (Lipinski definition) is 2. The Balaban J connectivity index is 1.57. The molecule has 0 radical (unpaired) electrons. The first-order valence-electron chi connectivity index (χ1n) is 8.21. The minimum atomic E-state index is -0.237. The van der Waals surface area contributed by atoms with Crippen LogP contribution < -0.4 is 10.6 Å². The van der Waals surface area contributed by atoms with Crippen LogP contribution in [-0.4, -0.2) is 25.5 Å². The van der Waals surface area contributed by atoms with E-state index < -0.39 is 0 Å². The Morgan fingerprint density at radius 1 is 0.960 bits per heavy atom. The fourth-order valence-electron chi connectivity index (χ4n) is 2.40. The molecule has 25 heavy (non-hydrogen) atoms. The van der Waals surface area contributed by atoms with Crippen LogP contribution in [0.4, 0.5) is 4.39 Å². The predicted octanol–water partition coefficient (Wildman–Crippen LogP) is 4.01. The van der Waals surface area contributed by atoms with E-state index in [9.17, 15) is 9.18 Å². The second kappa shape index (κ2) is 10.4. The first kappa shape index (κ1) is 19.7. The number of rotatable bonds is 9. The standard InChI is InChI=1S/C19H21Cl2FN2O/c20-16-6-5-14(17(21)13-16)7-10-23-11-9-19(25)24-12-8-15-3-1-2-4-18(15)22/h1-6,13,23H,7-12H2,(H,24,25). The molecule has 0 aliphatic carbocycles. The van der Waals surface area contributed by atoms with Gasteiger partial charge < -0.3 is 10.6 Å². The van der Waals surface area contributed by atoms with Gasteiger partial charge in [0.25, 0.3) is 0 Å². The van der Waals surface area contributed by atoms with Crippen LogP contribution in [0.3, 0.4) is 0 Å². The van der Waals surface area contributed by atoms with Crippen molar-refractivity contribution < 1.29 is 9.18 Å². The van der Waals surface area contributed by atoms with Gasteiger partial charge in [-0.25, -0.2) is 4.39 Å². The van der Waals surface area contributed by atoms with Crippen molar-refractivity contribution in [2.24, 2.45) is 0 Å². The van der Waals surface area contributed by atoms with Crippen molar-refractivity contribution in [2.75, 3.05) is 19.6 Å². The molecule has 134 valence electrons. The van der Waals surface area contributed by atoms with E-state index in [1.165, 1.54) is 6.07 Å². The van der Waals surface area contributed by atoms with Gasteiger partial charge in [-0.05, 0) is 48.7 Å². The molecule has 2 N–H and O–H groups in total. The molecule has 0 spiro atoms. The summed E-state index contributed by atoms with van der Waals surface area (Å²) in [4.78, 5) is 11.8. The zero-order chi connectivity index (χ0) is 18.1. The number of amides is 1. The Morgan fingerprint density at radius 3 is 2.48 bits per heavy atom. The molecule has 0 heterocycles. The number of carbonyl (C=O) groups is 1. The first-order chi connectivity index (χ1) is 12.1. The molecule has 0 unspecified atom stereocenters.